The predicted octanol–water partition coefficient (Wildman–Crippen LogP) is 5.99. The molecule has 0 radical (unpaired) electrons. The summed E-state index contributed by atoms with van der Waals surface area (Å²) in [5.41, 5.74) is 2.13. The van der Waals surface area contributed by atoms with Crippen LogP contribution in [0.15, 0.2) is 45.3 Å². The van der Waals surface area contributed by atoms with Crippen LogP contribution in [0.1, 0.15) is 31.2 Å². The summed E-state index contributed by atoms with van der Waals surface area (Å²) in [7, 11) is 5.77. The molecule has 4 rings (SSSR count). The van der Waals surface area contributed by atoms with Crippen LogP contribution >= 0.6 is 31.9 Å². The van der Waals surface area contributed by atoms with Gasteiger partial charge in [-0.2, -0.15) is 4.98 Å². The van der Waals surface area contributed by atoms with E-state index in [0.717, 1.165) is 68.9 Å². The fourth-order valence-electron chi connectivity index (χ4n) is 4.54. The number of halogens is 2. The second-order valence-electron chi connectivity index (χ2n) is 8.86. The number of aromatic nitrogens is 2. The lowest BCUT2D eigenvalue weighted by Crippen LogP contribution is -2.31. The van der Waals surface area contributed by atoms with Crippen LogP contribution in [0.25, 0.3) is 10.9 Å². The van der Waals surface area contributed by atoms with Gasteiger partial charge >= 0.3 is 0 Å². The molecule has 3 aromatic rings. The number of nitrogens with one attached hydrogen (secondary N) is 2. The Labute approximate surface area is 212 Å². The summed E-state index contributed by atoms with van der Waals surface area (Å²) in [6.45, 7) is 1.80. The van der Waals surface area contributed by atoms with Gasteiger partial charge < -0.3 is 20.3 Å². The van der Waals surface area contributed by atoms with Crippen LogP contribution in [0.5, 0.6) is 5.75 Å². The topological polar surface area (TPSA) is 62.3 Å². The number of anilines is 2. The number of benzene rings is 2. The highest BCUT2D eigenvalue weighted by Gasteiger charge is 2.22. The molecule has 8 heteroatoms. The first-order valence-corrected chi connectivity index (χ1v) is 13.0. The van der Waals surface area contributed by atoms with E-state index in [1.165, 1.54) is 12.8 Å². The van der Waals surface area contributed by atoms with Gasteiger partial charge in [-0.05, 0) is 78.3 Å². The SMILES string of the molecule is COc1c(Br)cc(Br)cc1CNC[C@H]1CC[C@@H](Nc2nc(N(C)C)c3ccccc3n2)CC1. The number of hydrogen-bond acceptors (Lipinski definition) is 6. The van der Waals surface area contributed by atoms with Gasteiger partial charge in [0.2, 0.25) is 5.95 Å². The monoisotopic (exact) mass is 575 g/mol. The van der Waals surface area contributed by atoms with Crippen molar-refractivity contribution in [3.63, 3.8) is 0 Å². The fourth-order valence-corrected chi connectivity index (χ4v) is 6.02. The molecule has 1 heterocycles. The first-order chi connectivity index (χ1) is 15.9. The maximum atomic E-state index is 5.56. The molecule has 176 valence electrons. The molecule has 1 saturated carbocycles. The molecule has 33 heavy (non-hydrogen) atoms. The minimum Gasteiger partial charge on any atom is -0.495 e. The Morgan fingerprint density at radius 1 is 1.06 bits per heavy atom. The van der Waals surface area contributed by atoms with Crippen molar-refractivity contribution in [2.24, 2.45) is 5.92 Å². The summed E-state index contributed by atoms with van der Waals surface area (Å²) in [5, 5.41) is 8.32. The second kappa shape index (κ2) is 11.0. The minimum absolute atomic E-state index is 0.415. The standard InChI is InChI=1S/C25H31Br2N5O/c1-32(2)24-20-6-4-5-7-22(20)30-25(31-24)29-19-10-8-16(9-11-19)14-28-15-17-12-18(26)13-21(27)23(17)33-3/h4-7,12-13,16,19,28H,8-11,14-15H2,1-3H3,(H,29,30,31)/t16-,19+. The number of nitrogens with zero attached hydrogens (tertiary/aromatic N) is 3. The van der Waals surface area contributed by atoms with Crippen molar-refractivity contribution in [1.82, 2.24) is 15.3 Å². The van der Waals surface area contributed by atoms with E-state index in [0.29, 0.717) is 12.0 Å². The van der Waals surface area contributed by atoms with Gasteiger partial charge in [-0.25, -0.2) is 4.98 Å². The molecule has 6 nitrogen and oxygen atoms in total. The van der Waals surface area contributed by atoms with E-state index >= 15 is 0 Å². The maximum absolute atomic E-state index is 5.56. The van der Waals surface area contributed by atoms with Gasteiger partial charge in [0.15, 0.2) is 0 Å². The molecular weight excluding hydrogens is 546 g/mol. The average Bonchev–Trinajstić information content (AvgIpc) is 2.79. The number of ether oxygens (including phenoxy) is 1. The second-order valence-corrected chi connectivity index (χ2v) is 10.6. The van der Waals surface area contributed by atoms with Crippen LogP contribution in [-0.2, 0) is 6.54 Å². The molecule has 1 fully saturated rings. The van der Waals surface area contributed by atoms with E-state index in [1.807, 2.05) is 32.3 Å². The zero-order chi connectivity index (χ0) is 23.4. The lowest BCUT2D eigenvalue weighted by molar-refractivity contribution is 0.322. The van der Waals surface area contributed by atoms with E-state index < -0.39 is 0 Å². The van der Waals surface area contributed by atoms with Crippen LogP contribution in [0.3, 0.4) is 0 Å². The Morgan fingerprint density at radius 3 is 2.55 bits per heavy atom. The van der Waals surface area contributed by atoms with Crippen molar-refractivity contribution in [1.29, 1.82) is 0 Å². The molecule has 0 unspecified atom stereocenters. The van der Waals surface area contributed by atoms with Crippen molar-refractivity contribution in [2.45, 2.75) is 38.3 Å². The normalized spacial score (nSPS) is 18.3. The molecule has 1 aliphatic rings. The summed E-state index contributed by atoms with van der Waals surface area (Å²) in [6, 6.07) is 12.7. The van der Waals surface area contributed by atoms with Gasteiger partial charge in [0.05, 0.1) is 17.1 Å². The maximum Gasteiger partial charge on any atom is 0.225 e. The molecule has 0 atom stereocenters. The Bertz CT molecular complexity index is 1100. The van der Waals surface area contributed by atoms with Crippen LogP contribution in [0.2, 0.25) is 0 Å². The highest BCUT2D eigenvalue weighted by atomic mass is 79.9. The Hall–Kier alpha value is -1.90. The van der Waals surface area contributed by atoms with Gasteiger partial charge in [-0.1, -0.05) is 28.1 Å². The molecule has 0 spiro atoms. The largest absolute Gasteiger partial charge is 0.495 e. The van der Waals surface area contributed by atoms with E-state index in [4.69, 9.17) is 14.7 Å². The summed E-state index contributed by atoms with van der Waals surface area (Å²) in [4.78, 5) is 11.6. The zero-order valence-electron chi connectivity index (χ0n) is 19.4. The van der Waals surface area contributed by atoms with Crippen molar-refractivity contribution in [2.75, 3.05) is 38.0 Å². The summed E-state index contributed by atoms with van der Waals surface area (Å²) >= 11 is 7.15. The average molecular weight is 577 g/mol. The van der Waals surface area contributed by atoms with Crippen LogP contribution in [0.4, 0.5) is 11.8 Å². The molecule has 0 bridgehead atoms. The molecule has 1 aromatic heterocycles. The third-order valence-corrected chi connectivity index (χ3v) is 7.27. The van der Waals surface area contributed by atoms with Crippen LogP contribution < -0.4 is 20.3 Å². The van der Waals surface area contributed by atoms with Gasteiger partial charge in [0.1, 0.15) is 11.6 Å². The number of methoxy groups -OCH3 is 1. The first kappa shape index (κ1) is 24.2. The van der Waals surface area contributed by atoms with Crippen molar-refractivity contribution in [3.05, 3.63) is 50.9 Å². The highest BCUT2D eigenvalue weighted by Crippen LogP contribution is 2.33. The summed E-state index contributed by atoms with van der Waals surface area (Å²) < 4.78 is 7.58. The number of rotatable bonds is 8. The van der Waals surface area contributed by atoms with Gasteiger partial charge in [0, 0.05) is 42.1 Å². The minimum atomic E-state index is 0.415. The molecular formula is C25H31Br2N5O. The molecule has 0 saturated heterocycles. The summed E-state index contributed by atoms with van der Waals surface area (Å²) in [5.74, 6) is 3.26. The van der Waals surface area contributed by atoms with Crippen molar-refractivity contribution < 1.29 is 4.74 Å². The predicted molar refractivity (Wildman–Crippen MR) is 143 cm³/mol. The number of fused-ring (bicyclic) bond motifs is 1. The molecule has 2 N–H and O–H groups in total. The van der Waals surface area contributed by atoms with Crippen LogP contribution in [0, 0.1) is 5.92 Å². The zero-order valence-corrected chi connectivity index (χ0v) is 22.5. The lowest BCUT2D eigenvalue weighted by atomic mass is 9.86. The molecule has 1 aliphatic carbocycles. The van der Waals surface area contributed by atoms with E-state index in [1.54, 1.807) is 7.11 Å². The van der Waals surface area contributed by atoms with Crippen LogP contribution in [-0.4, -0.2) is 43.8 Å². The van der Waals surface area contributed by atoms with E-state index in [-0.39, 0.29) is 0 Å². The highest BCUT2D eigenvalue weighted by molar-refractivity contribution is 9.11. The number of hydrogen-bond donors (Lipinski definition) is 2. The lowest BCUT2D eigenvalue weighted by Gasteiger charge is -2.29. The Morgan fingerprint density at radius 2 is 1.82 bits per heavy atom. The smallest absolute Gasteiger partial charge is 0.225 e. The molecule has 0 amide bonds. The third kappa shape index (κ3) is 5.97. The van der Waals surface area contributed by atoms with E-state index in [9.17, 15) is 0 Å². The first-order valence-electron chi connectivity index (χ1n) is 11.4. The molecule has 0 aliphatic heterocycles. The Balaban J connectivity index is 1.30. The van der Waals surface area contributed by atoms with Gasteiger partial charge in [0.25, 0.3) is 0 Å². The van der Waals surface area contributed by atoms with E-state index in [2.05, 4.69) is 65.6 Å². The quantitative estimate of drug-likeness (QED) is 0.343. The van der Waals surface area contributed by atoms with Crippen molar-refractivity contribution >= 4 is 54.5 Å². The van der Waals surface area contributed by atoms with Gasteiger partial charge in [-0.3, -0.25) is 0 Å². The fraction of sp³-hybridized carbons (Fsp3) is 0.440. The summed E-state index contributed by atoms with van der Waals surface area (Å²) in [6.07, 6.45) is 4.65. The molecule has 2 aromatic carbocycles. The third-order valence-electron chi connectivity index (χ3n) is 6.22. The Kier molecular flexibility index (Phi) is 8.09. The van der Waals surface area contributed by atoms with Crippen molar-refractivity contribution in [3.8, 4) is 5.75 Å². The number of para-hydroxylation sites is 1. The van der Waals surface area contributed by atoms with Gasteiger partial charge in [-0.15, -0.1) is 0 Å².